The molecule has 0 aromatic carbocycles. The fourth-order valence-electron chi connectivity index (χ4n) is 2.28. The van der Waals surface area contributed by atoms with Crippen LogP contribution in [0.4, 0.5) is 0 Å². The molecule has 0 atom stereocenters. The second kappa shape index (κ2) is 4.18. The summed E-state index contributed by atoms with van der Waals surface area (Å²) in [5.74, 6) is 0. The van der Waals surface area contributed by atoms with E-state index in [0.717, 1.165) is 31.2 Å². The number of rotatable bonds is 2. The number of nitrogens with zero attached hydrogens (tertiary/aromatic N) is 2. The highest BCUT2D eigenvalue weighted by Crippen LogP contribution is 2.34. The lowest BCUT2D eigenvalue weighted by Crippen LogP contribution is -2.41. The molecule has 0 radical (unpaired) electrons. The van der Waals surface area contributed by atoms with Crippen LogP contribution in [0.5, 0.6) is 0 Å². The zero-order valence-electron chi connectivity index (χ0n) is 10.1. The van der Waals surface area contributed by atoms with Gasteiger partial charge in [0, 0.05) is 23.3 Å². The third-order valence-corrected chi connectivity index (χ3v) is 3.55. The largest absolute Gasteiger partial charge is 0.393 e. The Morgan fingerprint density at radius 1 is 1.50 bits per heavy atom. The molecule has 0 aliphatic heterocycles. The van der Waals surface area contributed by atoms with Crippen molar-refractivity contribution in [1.82, 2.24) is 9.78 Å². The molecule has 0 spiro atoms. The Balaban J connectivity index is 2.16. The van der Waals surface area contributed by atoms with Crippen molar-refractivity contribution >= 4 is 0 Å². The lowest BCUT2D eigenvalue weighted by molar-refractivity contribution is 0.0969. The number of aliphatic hydroxyl groups is 1. The van der Waals surface area contributed by atoms with Crippen molar-refractivity contribution in [3.05, 3.63) is 18.0 Å². The third kappa shape index (κ3) is 2.13. The average molecular weight is 223 g/mol. The number of aromatic nitrogens is 2. The summed E-state index contributed by atoms with van der Waals surface area (Å²) in [4.78, 5) is 0. The van der Waals surface area contributed by atoms with Gasteiger partial charge in [0.15, 0.2) is 0 Å². The molecule has 1 fully saturated rings. The highest BCUT2D eigenvalue weighted by molar-refractivity contribution is 5.18. The average Bonchev–Trinajstić information content (AvgIpc) is 2.72. The summed E-state index contributed by atoms with van der Waals surface area (Å²) in [6, 6.07) is 0.367. The zero-order valence-corrected chi connectivity index (χ0v) is 10.1. The minimum absolute atomic E-state index is 0.170. The number of hydrogen-bond donors (Lipinski definition) is 2. The van der Waals surface area contributed by atoms with Crippen molar-refractivity contribution in [2.75, 3.05) is 0 Å². The standard InChI is InChI=1S/C12H21N3O/c1-9(2)15-8-10(7-14-15)12(13)5-3-11(16)4-6-12/h7-9,11,16H,3-6,13H2,1-2H3. The quantitative estimate of drug-likeness (QED) is 0.799. The molecule has 0 bridgehead atoms. The Labute approximate surface area is 96.5 Å². The van der Waals surface area contributed by atoms with Crippen molar-refractivity contribution in [2.24, 2.45) is 5.73 Å². The molecule has 1 aliphatic carbocycles. The minimum Gasteiger partial charge on any atom is -0.393 e. The van der Waals surface area contributed by atoms with E-state index in [1.807, 2.05) is 17.1 Å². The van der Waals surface area contributed by atoms with E-state index in [1.165, 1.54) is 0 Å². The normalized spacial score (nSPS) is 30.9. The van der Waals surface area contributed by atoms with Gasteiger partial charge in [0.25, 0.3) is 0 Å². The van der Waals surface area contributed by atoms with Gasteiger partial charge in [-0.05, 0) is 39.5 Å². The van der Waals surface area contributed by atoms with Crippen LogP contribution in [-0.2, 0) is 5.54 Å². The van der Waals surface area contributed by atoms with Crippen LogP contribution >= 0.6 is 0 Å². The fraction of sp³-hybridized carbons (Fsp3) is 0.750. The molecule has 2 rings (SSSR count). The molecule has 16 heavy (non-hydrogen) atoms. The predicted octanol–water partition coefficient (Wildman–Crippen LogP) is 1.55. The van der Waals surface area contributed by atoms with E-state index in [0.29, 0.717) is 6.04 Å². The number of hydrogen-bond acceptors (Lipinski definition) is 3. The van der Waals surface area contributed by atoms with Gasteiger partial charge in [0.05, 0.1) is 12.3 Å². The van der Waals surface area contributed by atoms with E-state index in [1.54, 1.807) is 0 Å². The van der Waals surface area contributed by atoms with Gasteiger partial charge in [-0.3, -0.25) is 4.68 Å². The van der Waals surface area contributed by atoms with E-state index in [4.69, 9.17) is 5.73 Å². The molecule has 1 aromatic rings. The number of aliphatic hydroxyl groups excluding tert-OH is 1. The summed E-state index contributed by atoms with van der Waals surface area (Å²) in [7, 11) is 0. The van der Waals surface area contributed by atoms with E-state index < -0.39 is 0 Å². The Bertz CT molecular complexity index is 351. The zero-order chi connectivity index (χ0) is 11.8. The van der Waals surface area contributed by atoms with Gasteiger partial charge in [-0.15, -0.1) is 0 Å². The van der Waals surface area contributed by atoms with Crippen molar-refractivity contribution < 1.29 is 5.11 Å². The van der Waals surface area contributed by atoms with Crippen LogP contribution in [0.1, 0.15) is 51.1 Å². The topological polar surface area (TPSA) is 64.1 Å². The molecule has 1 aromatic heterocycles. The molecule has 1 heterocycles. The van der Waals surface area contributed by atoms with Crippen LogP contribution in [0, 0.1) is 0 Å². The summed E-state index contributed by atoms with van der Waals surface area (Å²) in [6.45, 7) is 4.20. The SMILES string of the molecule is CC(C)n1cc(C2(N)CCC(O)CC2)cn1. The third-order valence-electron chi connectivity index (χ3n) is 3.55. The van der Waals surface area contributed by atoms with Crippen LogP contribution in [0.2, 0.25) is 0 Å². The van der Waals surface area contributed by atoms with Gasteiger partial charge in [0.2, 0.25) is 0 Å². The first-order chi connectivity index (χ1) is 7.51. The second-order valence-electron chi connectivity index (χ2n) is 5.19. The monoisotopic (exact) mass is 223 g/mol. The first-order valence-corrected chi connectivity index (χ1v) is 6.03. The van der Waals surface area contributed by atoms with Gasteiger partial charge < -0.3 is 10.8 Å². The first kappa shape index (κ1) is 11.6. The van der Waals surface area contributed by atoms with Crippen LogP contribution < -0.4 is 5.73 Å². The van der Waals surface area contributed by atoms with Crippen LogP contribution in [0.15, 0.2) is 12.4 Å². The predicted molar refractivity (Wildman–Crippen MR) is 63.0 cm³/mol. The fourth-order valence-corrected chi connectivity index (χ4v) is 2.28. The second-order valence-corrected chi connectivity index (χ2v) is 5.19. The lowest BCUT2D eigenvalue weighted by Gasteiger charge is -2.34. The summed E-state index contributed by atoms with van der Waals surface area (Å²) >= 11 is 0. The van der Waals surface area contributed by atoms with E-state index in [9.17, 15) is 5.11 Å². The Hall–Kier alpha value is -0.870. The molecule has 3 N–H and O–H groups in total. The summed E-state index contributed by atoms with van der Waals surface area (Å²) in [5.41, 5.74) is 7.21. The molecule has 1 saturated carbocycles. The Kier molecular flexibility index (Phi) is 3.04. The molecule has 0 unspecified atom stereocenters. The van der Waals surface area contributed by atoms with Crippen LogP contribution in [0.25, 0.3) is 0 Å². The highest BCUT2D eigenvalue weighted by atomic mass is 16.3. The van der Waals surface area contributed by atoms with Gasteiger partial charge in [-0.25, -0.2) is 0 Å². The van der Waals surface area contributed by atoms with E-state index in [2.05, 4.69) is 18.9 Å². The summed E-state index contributed by atoms with van der Waals surface area (Å²) in [6.07, 6.45) is 7.03. The molecule has 90 valence electrons. The molecule has 0 amide bonds. The number of nitrogens with two attached hydrogens (primary N) is 1. The maximum absolute atomic E-state index is 9.51. The Morgan fingerprint density at radius 2 is 2.12 bits per heavy atom. The van der Waals surface area contributed by atoms with Gasteiger partial charge >= 0.3 is 0 Å². The maximum Gasteiger partial charge on any atom is 0.0541 e. The van der Waals surface area contributed by atoms with Gasteiger partial charge in [-0.1, -0.05) is 0 Å². The maximum atomic E-state index is 9.51. The first-order valence-electron chi connectivity index (χ1n) is 6.03. The molecular formula is C12H21N3O. The van der Waals surface area contributed by atoms with Gasteiger partial charge in [0.1, 0.15) is 0 Å². The van der Waals surface area contributed by atoms with Gasteiger partial charge in [-0.2, -0.15) is 5.10 Å². The van der Waals surface area contributed by atoms with Crippen molar-refractivity contribution in [2.45, 2.75) is 57.2 Å². The molecule has 1 aliphatic rings. The smallest absolute Gasteiger partial charge is 0.0541 e. The molecule has 0 saturated heterocycles. The van der Waals surface area contributed by atoms with Crippen LogP contribution in [0.3, 0.4) is 0 Å². The van der Waals surface area contributed by atoms with Crippen molar-refractivity contribution in [1.29, 1.82) is 0 Å². The molecule has 4 nitrogen and oxygen atoms in total. The summed E-state index contributed by atoms with van der Waals surface area (Å²) in [5, 5.41) is 13.8. The highest BCUT2D eigenvalue weighted by Gasteiger charge is 2.33. The van der Waals surface area contributed by atoms with Crippen molar-refractivity contribution in [3.8, 4) is 0 Å². The minimum atomic E-state index is -0.285. The molecular weight excluding hydrogens is 202 g/mol. The molecule has 4 heteroatoms. The summed E-state index contributed by atoms with van der Waals surface area (Å²) < 4.78 is 1.94. The Morgan fingerprint density at radius 3 is 2.62 bits per heavy atom. The lowest BCUT2D eigenvalue weighted by atomic mass is 9.77. The van der Waals surface area contributed by atoms with Crippen molar-refractivity contribution in [3.63, 3.8) is 0 Å². The van der Waals surface area contributed by atoms with E-state index >= 15 is 0 Å². The van der Waals surface area contributed by atoms with E-state index in [-0.39, 0.29) is 11.6 Å². The van der Waals surface area contributed by atoms with Crippen LogP contribution in [-0.4, -0.2) is 21.0 Å².